The molecule has 40 heavy (non-hydrogen) atoms. The number of hydrogen-bond donors (Lipinski definition) is 0. The first-order chi connectivity index (χ1) is 18.9. The van der Waals surface area contributed by atoms with Gasteiger partial charge in [0.1, 0.15) is 23.8 Å². The molecule has 8 nitrogen and oxygen atoms in total. The third kappa shape index (κ3) is 6.71. The summed E-state index contributed by atoms with van der Waals surface area (Å²) in [6, 6.07) is 11.0. The molecule has 4 aromatic rings. The molecular formula is C29H28F2N2O6S. The Morgan fingerprint density at radius 2 is 1.88 bits per heavy atom. The fourth-order valence-electron chi connectivity index (χ4n) is 3.81. The minimum atomic E-state index is -3.77. The zero-order chi connectivity index (χ0) is 29.1. The highest BCUT2D eigenvalue weighted by molar-refractivity contribution is 7.91. The van der Waals surface area contributed by atoms with E-state index in [1.807, 2.05) is 0 Å². The van der Waals surface area contributed by atoms with Gasteiger partial charge in [-0.05, 0) is 81.3 Å². The number of ether oxygens (including phenoxy) is 2. The third-order valence-electron chi connectivity index (χ3n) is 5.89. The summed E-state index contributed by atoms with van der Waals surface area (Å²) >= 11 is 0. The van der Waals surface area contributed by atoms with Crippen molar-refractivity contribution in [2.75, 3.05) is 6.61 Å². The van der Waals surface area contributed by atoms with Crippen molar-refractivity contribution >= 4 is 33.2 Å². The van der Waals surface area contributed by atoms with Gasteiger partial charge in [-0.3, -0.25) is 9.78 Å². The Bertz CT molecular complexity index is 1690. The molecule has 0 fully saturated rings. The second-order valence-corrected chi connectivity index (χ2v) is 12.3. The van der Waals surface area contributed by atoms with Crippen LogP contribution in [0.25, 0.3) is 22.1 Å². The Morgan fingerprint density at radius 3 is 2.60 bits per heavy atom. The van der Waals surface area contributed by atoms with Gasteiger partial charge in [-0.15, -0.1) is 0 Å². The van der Waals surface area contributed by atoms with E-state index < -0.39 is 32.6 Å². The van der Waals surface area contributed by atoms with Gasteiger partial charge < -0.3 is 13.9 Å². The SMILES string of the molecule is CCOC(=O)Cc1cc(F)ccc1OCc1cc(-c2ccnc(C=NS(=O)(=O)C(C)(C)C)c2)c2oc(F)cc2c1. The predicted octanol–water partition coefficient (Wildman–Crippen LogP) is 6.00. The number of esters is 1. The lowest BCUT2D eigenvalue weighted by Gasteiger charge is -2.14. The van der Waals surface area contributed by atoms with E-state index >= 15 is 0 Å². The van der Waals surface area contributed by atoms with Crippen LogP contribution in [0, 0.1) is 11.8 Å². The van der Waals surface area contributed by atoms with Gasteiger partial charge in [-0.2, -0.15) is 8.79 Å². The lowest BCUT2D eigenvalue weighted by molar-refractivity contribution is -0.142. The Morgan fingerprint density at radius 1 is 1.10 bits per heavy atom. The van der Waals surface area contributed by atoms with Gasteiger partial charge in [-0.1, -0.05) is 0 Å². The Balaban J connectivity index is 1.67. The number of carbonyl (C=O) groups excluding carboxylic acids is 1. The van der Waals surface area contributed by atoms with Crippen molar-refractivity contribution in [2.24, 2.45) is 4.40 Å². The van der Waals surface area contributed by atoms with Crippen molar-refractivity contribution < 1.29 is 35.9 Å². The number of carbonyl (C=O) groups is 1. The number of nitrogens with zero attached hydrogens (tertiary/aromatic N) is 2. The van der Waals surface area contributed by atoms with Crippen LogP contribution in [0.1, 0.15) is 44.5 Å². The molecule has 0 bridgehead atoms. The number of pyridine rings is 1. The molecule has 0 aliphatic carbocycles. The van der Waals surface area contributed by atoms with Gasteiger partial charge in [0.15, 0.2) is 0 Å². The van der Waals surface area contributed by atoms with Crippen LogP contribution in [-0.2, 0) is 32.6 Å². The summed E-state index contributed by atoms with van der Waals surface area (Å²) in [7, 11) is -3.77. The quantitative estimate of drug-likeness (QED) is 0.179. The summed E-state index contributed by atoms with van der Waals surface area (Å²) in [6.07, 6.45) is 2.48. The molecule has 210 valence electrons. The lowest BCUT2D eigenvalue weighted by Crippen LogP contribution is -2.25. The number of benzene rings is 2. The summed E-state index contributed by atoms with van der Waals surface area (Å²) in [6.45, 7) is 6.53. The molecule has 0 N–H and O–H groups in total. The first-order valence-electron chi connectivity index (χ1n) is 12.4. The lowest BCUT2D eigenvalue weighted by atomic mass is 10.0. The van der Waals surface area contributed by atoms with E-state index in [9.17, 15) is 22.0 Å². The van der Waals surface area contributed by atoms with Gasteiger partial charge in [0.2, 0.25) is 0 Å². The maximum atomic E-state index is 14.1. The zero-order valence-electron chi connectivity index (χ0n) is 22.4. The third-order valence-corrected chi connectivity index (χ3v) is 7.82. The average molecular weight is 571 g/mol. The van der Waals surface area contributed by atoms with Gasteiger partial charge in [0.25, 0.3) is 16.0 Å². The molecule has 0 unspecified atom stereocenters. The van der Waals surface area contributed by atoms with Crippen LogP contribution in [0.5, 0.6) is 5.75 Å². The minimum absolute atomic E-state index is 0.0143. The number of aromatic nitrogens is 1. The number of rotatable bonds is 9. The van der Waals surface area contributed by atoms with Gasteiger partial charge in [-0.25, -0.2) is 12.8 Å². The van der Waals surface area contributed by atoms with Crippen LogP contribution in [0.15, 0.2) is 63.5 Å². The number of hydrogen-bond acceptors (Lipinski definition) is 7. The zero-order valence-corrected chi connectivity index (χ0v) is 23.2. The highest BCUT2D eigenvalue weighted by Gasteiger charge is 2.27. The molecule has 0 spiro atoms. The van der Waals surface area contributed by atoms with Crippen LogP contribution >= 0.6 is 0 Å². The Hall–Kier alpha value is -4.12. The van der Waals surface area contributed by atoms with Crippen LogP contribution in [-0.4, -0.2) is 36.9 Å². The molecule has 0 saturated carbocycles. The molecule has 0 saturated heterocycles. The standard InChI is InChI=1S/C29H28F2N2O6S/c1-5-37-27(34)15-20-12-22(30)6-7-25(20)38-17-18-10-21-14-26(31)39-28(21)24(11-18)19-8-9-32-23(13-19)16-33-40(35,36)29(2,3)4/h6-14,16H,5,15,17H2,1-4H3. The fraction of sp³-hybridized carbons (Fsp3) is 0.276. The molecular weight excluding hydrogens is 542 g/mol. The van der Waals surface area contributed by atoms with E-state index in [2.05, 4.69) is 9.38 Å². The molecule has 0 atom stereocenters. The second kappa shape index (κ2) is 11.5. The van der Waals surface area contributed by atoms with Crippen LogP contribution in [0.3, 0.4) is 0 Å². The van der Waals surface area contributed by atoms with E-state index in [4.69, 9.17) is 13.9 Å². The summed E-state index contributed by atoms with van der Waals surface area (Å²) in [4.78, 5) is 16.2. The molecule has 0 aliphatic rings. The predicted molar refractivity (Wildman–Crippen MR) is 147 cm³/mol. The van der Waals surface area contributed by atoms with Crippen molar-refractivity contribution in [1.29, 1.82) is 0 Å². The van der Waals surface area contributed by atoms with Crippen LogP contribution in [0.2, 0.25) is 0 Å². The Labute approximate surface area is 230 Å². The van der Waals surface area contributed by atoms with E-state index in [0.717, 1.165) is 6.21 Å². The second-order valence-electron chi connectivity index (χ2n) is 9.93. The highest BCUT2D eigenvalue weighted by atomic mass is 32.2. The van der Waals surface area contributed by atoms with Crippen molar-refractivity contribution in [3.63, 3.8) is 0 Å². The monoisotopic (exact) mass is 570 g/mol. The van der Waals surface area contributed by atoms with Crippen molar-refractivity contribution in [2.45, 2.75) is 45.5 Å². The Kier molecular flexibility index (Phi) is 8.34. The molecule has 2 aromatic carbocycles. The molecule has 2 aromatic heterocycles. The summed E-state index contributed by atoms with van der Waals surface area (Å²) in [5.74, 6) is -0.726. The van der Waals surface area contributed by atoms with Gasteiger partial charge in [0.05, 0.1) is 29.7 Å². The maximum Gasteiger partial charge on any atom is 0.310 e. The van der Waals surface area contributed by atoms with Crippen molar-refractivity contribution in [3.8, 4) is 16.9 Å². The summed E-state index contributed by atoms with van der Waals surface area (Å²) < 4.78 is 71.7. The first kappa shape index (κ1) is 28.9. The van der Waals surface area contributed by atoms with Gasteiger partial charge in [0, 0.05) is 28.8 Å². The van der Waals surface area contributed by atoms with Crippen molar-refractivity contribution in [1.82, 2.24) is 4.98 Å². The highest BCUT2D eigenvalue weighted by Crippen LogP contribution is 2.33. The molecule has 0 radical (unpaired) electrons. The molecule has 0 amide bonds. The van der Waals surface area contributed by atoms with Crippen LogP contribution in [0.4, 0.5) is 8.78 Å². The molecule has 11 heteroatoms. The largest absolute Gasteiger partial charge is 0.489 e. The van der Waals surface area contributed by atoms with Gasteiger partial charge >= 0.3 is 5.97 Å². The molecule has 4 rings (SSSR count). The number of fused-ring (bicyclic) bond motifs is 1. The van der Waals surface area contributed by atoms with Crippen LogP contribution < -0.4 is 4.74 Å². The smallest absolute Gasteiger partial charge is 0.310 e. The minimum Gasteiger partial charge on any atom is -0.489 e. The first-order valence-corrected chi connectivity index (χ1v) is 13.9. The normalized spacial score (nSPS) is 12.2. The average Bonchev–Trinajstić information content (AvgIpc) is 3.26. The molecule has 2 heterocycles. The van der Waals surface area contributed by atoms with Crippen molar-refractivity contribution in [3.05, 3.63) is 83.4 Å². The maximum absolute atomic E-state index is 14.1. The van der Waals surface area contributed by atoms with E-state index in [1.165, 1.54) is 30.5 Å². The fourth-order valence-corrected chi connectivity index (χ4v) is 4.37. The topological polar surface area (TPSA) is 108 Å². The molecule has 0 aliphatic heterocycles. The summed E-state index contributed by atoms with van der Waals surface area (Å²) in [5.41, 5.74) is 2.62. The van der Waals surface area contributed by atoms with E-state index in [-0.39, 0.29) is 30.9 Å². The summed E-state index contributed by atoms with van der Waals surface area (Å²) in [5, 5.41) is 0.474. The number of furan rings is 1. The van der Waals surface area contributed by atoms with E-state index in [0.29, 0.717) is 33.4 Å². The number of halogens is 2. The number of sulfonamides is 1. The van der Waals surface area contributed by atoms with E-state index in [1.54, 1.807) is 52.0 Å².